The van der Waals surface area contributed by atoms with Gasteiger partial charge in [-0.1, -0.05) is 216 Å². The normalized spacial score (nSPS) is 13.9. The lowest BCUT2D eigenvalue weighted by Crippen LogP contribution is -2.46. The molecule has 6 heteroatoms. The van der Waals surface area contributed by atoms with E-state index >= 15 is 0 Å². The number of nitrogens with one attached hydrogen (secondary N) is 1. The van der Waals surface area contributed by atoms with Gasteiger partial charge in [0.05, 0.1) is 25.2 Å². The van der Waals surface area contributed by atoms with E-state index in [9.17, 15) is 19.8 Å². The first kappa shape index (κ1) is 55.3. The number of ether oxygens (including phenoxy) is 1. The molecule has 6 nitrogen and oxygen atoms in total. The summed E-state index contributed by atoms with van der Waals surface area (Å²) in [5.74, 6) is -0.532. The summed E-state index contributed by atoms with van der Waals surface area (Å²) in [5, 5.41) is 23.7. The fourth-order valence-corrected chi connectivity index (χ4v) is 6.93. The minimum absolute atomic E-state index is 0.0433. The number of hydrogen-bond acceptors (Lipinski definition) is 5. The molecule has 58 heavy (non-hydrogen) atoms. The van der Waals surface area contributed by atoms with Crippen molar-refractivity contribution in [2.45, 2.75) is 238 Å². The molecule has 3 atom stereocenters. The molecule has 0 aliphatic carbocycles. The molecular formula is C52H91NO5. The van der Waals surface area contributed by atoms with Gasteiger partial charge >= 0.3 is 5.97 Å². The molecule has 0 fully saturated rings. The molecule has 0 aromatic rings. The summed E-state index contributed by atoms with van der Waals surface area (Å²) < 4.78 is 5.88. The van der Waals surface area contributed by atoms with Crippen molar-refractivity contribution in [3.05, 3.63) is 72.9 Å². The zero-order valence-electron chi connectivity index (χ0n) is 37.9. The first-order valence-corrected chi connectivity index (χ1v) is 24.2. The van der Waals surface area contributed by atoms with E-state index in [1.807, 2.05) is 36.5 Å². The number of amides is 1. The summed E-state index contributed by atoms with van der Waals surface area (Å²) in [5.41, 5.74) is 0. The minimum atomic E-state index is -0.802. The molecule has 0 saturated heterocycles. The predicted octanol–water partition coefficient (Wildman–Crippen LogP) is 14.2. The maximum absolute atomic E-state index is 13.2. The number of aliphatic hydroxyl groups is 2. The molecule has 0 aliphatic rings. The lowest BCUT2D eigenvalue weighted by atomic mass is 10.0. The van der Waals surface area contributed by atoms with Crippen LogP contribution in [0.25, 0.3) is 0 Å². The summed E-state index contributed by atoms with van der Waals surface area (Å²) in [6.45, 7) is 6.31. The van der Waals surface area contributed by atoms with Gasteiger partial charge in [0.15, 0.2) is 0 Å². The quantitative estimate of drug-likeness (QED) is 0.0247. The predicted molar refractivity (Wildman–Crippen MR) is 250 cm³/mol. The highest BCUT2D eigenvalue weighted by atomic mass is 16.5. The van der Waals surface area contributed by atoms with Crippen LogP contribution in [0.1, 0.15) is 220 Å². The number of allylic oxidation sites excluding steroid dienone is 12. The average molecular weight is 810 g/mol. The van der Waals surface area contributed by atoms with Gasteiger partial charge in [-0.05, 0) is 64.2 Å². The summed E-state index contributed by atoms with van der Waals surface area (Å²) in [7, 11) is 0. The van der Waals surface area contributed by atoms with Crippen LogP contribution in [-0.2, 0) is 14.3 Å². The number of carbonyl (C=O) groups is 2. The van der Waals surface area contributed by atoms with E-state index in [0.717, 1.165) is 83.5 Å². The largest absolute Gasteiger partial charge is 0.462 e. The SMILES string of the molecule is CCC/C=C\CCCCCCCC(=O)OC(CCCCC/C=C/C=C/C=C/C=C/C=C/CCC)CC(=O)NC(CO)C(O)CCCCCCCCCCCCCCC. The van der Waals surface area contributed by atoms with E-state index in [-0.39, 0.29) is 24.9 Å². The smallest absolute Gasteiger partial charge is 0.306 e. The minimum Gasteiger partial charge on any atom is -0.462 e. The fourth-order valence-electron chi connectivity index (χ4n) is 6.93. The van der Waals surface area contributed by atoms with Crippen molar-refractivity contribution in [2.24, 2.45) is 0 Å². The highest BCUT2D eigenvalue weighted by Crippen LogP contribution is 2.17. The molecule has 0 aromatic heterocycles. The zero-order valence-corrected chi connectivity index (χ0v) is 37.9. The van der Waals surface area contributed by atoms with Crippen molar-refractivity contribution in [1.82, 2.24) is 5.32 Å². The topological polar surface area (TPSA) is 95.9 Å². The van der Waals surface area contributed by atoms with Gasteiger partial charge in [0, 0.05) is 6.42 Å². The van der Waals surface area contributed by atoms with Gasteiger partial charge in [-0.2, -0.15) is 0 Å². The molecule has 3 unspecified atom stereocenters. The molecule has 1 amide bonds. The van der Waals surface area contributed by atoms with E-state index in [2.05, 4.69) is 62.5 Å². The van der Waals surface area contributed by atoms with E-state index in [1.165, 1.54) is 89.9 Å². The molecule has 334 valence electrons. The molecule has 0 heterocycles. The highest BCUT2D eigenvalue weighted by Gasteiger charge is 2.24. The Morgan fingerprint density at radius 3 is 1.50 bits per heavy atom. The van der Waals surface area contributed by atoms with Gasteiger partial charge in [0.1, 0.15) is 6.10 Å². The van der Waals surface area contributed by atoms with Crippen molar-refractivity contribution >= 4 is 11.9 Å². The second-order valence-electron chi connectivity index (χ2n) is 16.3. The van der Waals surface area contributed by atoms with E-state index in [0.29, 0.717) is 19.3 Å². The lowest BCUT2D eigenvalue weighted by molar-refractivity contribution is -0.151. The Bertz CT molecular complexity index is 1090. The van der Waals surface area contributed by atoms with Crippen LogP contribution >= 0.6 is 0 Å². The molecule has 0 saturated carbocycles. The van der Waals surface area contributed by atoms with Gasteiger partial charge in [-0.25, -0.2) is 0 Å². The van der Waals surface area contributed by atoms with Gasteiger partial charge in [0.25, 0.3) is 0 Å². The Kier molecular flexibility index (Phi) is 43.3. The van der Waals surface area contributed by atoms with Crippen LogP contribution in [0.2, 0.25) is 0 Å². The molecule has 0 spiro atoms. The Morgan fingerprint density at radius 1 is 0.500 bits per heavy atom. The van der Waals surface area contributed by atoms with Crippen LogP contribution in [0.15, 0.2) is 72.9 Å². The first-order chi connectivity index (χ1) is 28.5. The van der Waals surface area contributed by atoms with Crippen LogP contribution in [0.3, 0.4) is 0 Å². The van der Waals surface area contributed by atoms with Crippen LogP contribution in [0.4, 0.5) is 0 Å². The summed E-state index contributed by atoms with van der Waals surface area (Å²) in [4.78, 5) is 26.0. The number of aliphatic hydroxyl groups excluding tert-OH is 2. The van der Waals surface area contributed by atoms with Crippen LogP contribution in [0.5, 0.6) is 0 Å². The van der Waals surface area contributed by atoms with Crippen molar-refractivity contribution in [3.63, 3.8) is 0 Å². The molecule has 0 aromatic carbocycles. The average Bonchev–Trinajstić information content (AvgIpc) is 3.22. The Morgan fingerprint density at radius 2 is 0.931 bits per heavy atom. The second kappa shape index (κ2) is 45.4. The van der Waals surface area contributed by atoms with Crippen LogP contribution < -0.4 is 5.32 Å². The Hall–Kier alpha value is -2.70. The standard InChI is InChI=1S/C52H91NO5/c1-4-7-10-13-16-19-22-24-25-26-28-29-31-34-37-40-43-48(58-52(57)45-42-39-36-33-21-18-15-12-9-6-3)46-51(56)53-49(47-54)50(55)44-41-38-35-32-30-27-23-20-17-14-11-8-5-2/h10,12-13,15-16,19,22,24-26,28-29,48-50,54-55H,4-9,11,14,17-18,20-21,23,27,30-47H2,1-3H3,(H,53,56)/b13-10+,15-12-,19-16+,24-22+,26-25+,29-28+. The van der Waals surface area contributed by atoms with Gasteiger partial charge < -0.3 is 20.3 Å². The van der Waals surface area contributed by atoms with Crippen LogP contribution in [-0.4, -0.2) is 46.9 Å². The Labute approximate surface area is 358 Å². The maximum atomic E-state index is 13.2. The fraction of sp³-hybridized carbons (Fsp3) is 0.731. The molecular weight excluding hydrogens is 719 g/mol. The van der Waals surface area contributed by atoms with E-state index < -0.39 is 18.2 Å². The summed E-state index contributed by atoms with van der Waals surface area (Å²) in [6, 6.07) is -0.719. The summed E-state index contributed by atoms with van der Waals surface area (Å²) >= 11 is 0. The summed E-state index contributed by atoms with van der Waals surface area (Å²) in [6.07, 6.45) is 56.7. The van der Waals surface area contributed by atoms with Gasteiger partial charge in [-0.3, -0.25) is 9.59 Å². The zero-order chi connectivity index (χ0) is 42.4. The molecule has 0 radical (unpaired) electrons. The third kappa shape index (κ3) is 40.1. The van der Waals surface area contributed by atoms with Crippen molar-refractivity contribution in [1.29, 1.82) is 0 Å². The molecule has 0 rings (SSSR count). The van der Waals surface area contributed by atoms with Crippen LogP contribution in [0, 0.1) is 0 Å². The van der Waals surface area contributed by atoms with Crippen molar-refractivity contribution in [3.8, 4) is 0 Å². The molecule has 0 aliphatic heterocycles. The third-order valence-corrected chi connectivity index (χ3v) is 10.6. The molecule has 0 bridgehead atoms. The maximum Gasteiger partial charge on any atom is 0.306 e. The lowest BCUT2D eigenvalue weighted by Gasteiger charge is -2.24. The number of esters is 1. The number of carbonyl (C=O) groups excluding carboxylic acids is 2. The van der Waals surface area contributed by atoms with Crippen molar-refractivity contribution in [2.75, 3.05) is 6.61 Å². The van der Waals surface area contributed by atoms with Crippen molar-refractivity contribution < 1.29 is 24.5 Å². The van der Waals surface area contributed by atoms with E-state index in [1.54, 1.807) is 0 Å². The Balaban J connectivity index is 4.69. The van der Waals surface area contributed by atoms with Gasteiger partial charge in [0.2, 0.25) is 5.91 Å². The number of unbranched alkanes of at least 4 members (excludes halogenated alkanes) is 22. The number of hydrogen-bond donors (Lipinski definition) is 3. The number of rotatable bonds is 42. The third-order valence-electron chi connectivity index (χ3n) is 10.6. The highest BCUT2D eigenvalue weighted by molar-refractivity contribution is 5.77. The monoisotopic (exact) mass is 810 g/mol. The van der Waals surface area contributed by atoms with E-state index in [4.69, 9.17) is 4.74 Å². The molecule has 3 N–H and O–H groups in total. The first-order valence-electron chi connectivity index (χ1n) is 24.2. The second-order valence-corrected chi connectivity index (χ2v) is 16.3. The van der Waals surface area contributed by atoms with Gasteiger partial charge in [-0.15, -0.1) is 0 Å².